The maximum Gasteiger partial charge on any atom is 0.326 e. The number of hydrogen-bond acceptors (Lipinski definition) is 38. The second-order valence-electron chi connectivity index (χ2n) is 23.1. The number of aliphatic carboxylic acids is 1. The summed E-state index contributed by atoms with van der Waals surface area (Å²) in [6.45, 7) is -8.06. The smallest absolute Gasteiger partial charge is 0.326 e. The van der Waals surface area contributed by atoms with Crippen LogP contribution in [0.15, 0.2) is 12.5 Å². The van der Waals surface area contributed by atoms with Crippen molar-refractivity contribution in [3.63, 3.8) is 0 Å². The summed E-state index contributed by atoms with van der Waals surface area (Å²) < 4.78 is 81.3. The summed E-state index contributed by atoms with van der Waals surface area (Å²) in [6.07, 6.45) is -67.6. The fourth-order valence-electron chi connectivity index (χ4n) is 12.1. The third kappa shape index (κ3) is 15.4. The minimum absolute atomic E-state index is 0.222. The highest BCUT2D eigenvalue weighted by Crippen LogP contribution is 2.39. The number of imidazole rings is 1. The highest BCUT2D eigenvalue weighted by Gasteiger charge is 2.60. The molecule has 41 nitrogen and oxygen atoms in total. The van der Waals surface area contributed by atoms with Gasteiger partial charge in [0, 0.05) is 31.3 Å². The Hall–Kier alpha value is -3.25. The molecule has 0 aliphatic carbocycles. The molecule has 1 unspecified atom stereocenters. The van der Waals surface area contributed by atoms with Crippen LogP contribution in [0.2, 0.25) is 0 Å². The second-order valence-corrected chi connectivity index (χ2v) is 23.1. The monoisotopic (exact) mass is 1340 g/mol. The first-order valence-corrected chi connectivity index (χ1v) is 29.4. The van der Waals surface area contributed by atoms with Crippen LogP contribution in [0.4, 0.5) is 0 Å². The number of ether oxygens (including phenoxy) is 14. The summed E-state index contributed by atoms with van der Waals surface area (Å²) in [4.78, 5) is 32.0. The van der Waals surface area contributed by atoms with Gasteiger partial charge < -0.3 is 189 Å². The number of aliphatic hydroxyl groups excluding tert-OH is 20. The van der Waals surface area contributed by atoms with E-state index in [4.69, 9.17) is 66.3 Å². The number of carbonyl (C=O) groups is 2. The van der Waals surface area contributed by atoms with E-state index < -0.39 is 292 Å². The molecule has 1 amide bonds. The van der Waals surface area contributed by atoms with Crippen LogP contribution in [0.25, 0.3) is 0 Å². The summed E-state index contributed by atoms with van der Waals surface area (Å²) in [6, 6.07) is -3.17. The number of aliphatic hydroxyl groups is 20. The number of aromatic nitrogens is 2. The number of hydrogen-bond donors (Lipinski definition) is 24. The van der Waals surface area contributed by atoms with Crippen molar-refractivity contribution in [2.24, 2.45) is 0 Å². The minimum Gasteiger partial charge on any atom is -0.480 e. The maximum absolute atomic E-state index is 13.3. The van der Waals surface area contributed by atoms with Crippen LogP contribution >= 0.6 is 0 Å². The molecule has 1 aromatic rings. The number of amides is 1. The number of carboxylic acids is 1. The first kappa shape index (κ1) is 73.0. The van der Waals surface area contributed by atoms with E-state index in [0.29, 0.717) is 5.69 Å². The normalized spacial score (nSPS) is 48.5. The van der Waals surface area contributed by atoms with Crippen LogP contribution in [-0.2, 0) is 82.3 Å². The standard InChI is InChI=1S/C51H82N4O37/c56-5-15-37-23(53-2-1-22(63)55-14(44(77)78)3-13-4-52-12-54-13)24(64)45(79-15)87-38-16(6-57)81-47(32(72)26(38)66)89-40-18(8-59)83-49(34(74)28(40)68)91-42-20(10-61)85-51(36(76)30(42)70)92-43-21(11-62)84-50(35(75)29(43)69)90-41-19(9-60)82-48(33(73)27(41)67)88-39-17(7-58)80-46(86-37)31(71)25(39)65/h4,12,14-21,23-43,45-51,53,56-62,64-76H,1-3,5-11H2,(H,52,54)(H,55,63)(H,77,78)/t14?,15-,16-,17-,18-,19-,20-,21-,23-,24-,25-,26-,27-,28-,29-,30-,31-,32-,33-,34-,35-,36-,37-,38-,39-,40-,41-,42-,43-,45-,46-,47-,48-,49-,50-,51-/m1/s1. The molecule has 21 aliphatic heterocycles. The second kappa shape index (κ2) is 32.0. The van der Waals surface area contributed by atoms with Gasteiger partial charge in [-0.15, -0.1) is 0 Å². The summed E-state index contributed by atoms with van der Waals surface area (Å²) in [5.41, 5.74) is 0.352. The molecule has 0 aromatic carbocycles. The van der Waals surface area contributed by atoms with Gasteiger partial charge in [-0.3, -0.25) is 4.79 Å². The number of carboxylic acid groups (broad SMARTS) is 1. The average Bonchev–Trinajstić information content (AvgIpc) is 0.921. The predicted molar refractivity (Wildman–Crippen MR) is 281 cm³/mol. The van der Waals surface area contributed by atoms with Crippen molar-refractivity contribution in [1.29, 1.82) is 0 Å². The molecule has 24 N–H and O–H groups in total. The van der Waals surface area contributed by atoms with Crippen molar-refractivity contribution in [3.8, 4) is 0 Å². The first-order chi connectivity index (χ1) is 43.9. The van der Waals surface area contributed by atoms with Gasteiger partial charge in [0.2, 0.25) is 5.91 Å². The van der Waals surface area contributed by atoms with Gasteiger partial charge in [0.1, 0.15) is 171 Å². The molecule has 92 heavy (non-hydrogen) atoms. The minimum atomic E-state index is -2.27. The lowest BCUT2D eigenvalue weighted by atomic mass is 9.93. The molecule has 36 atom stereocenters. The summed E-state index contributed by atoms with van der Waals surface area (Å²) in [5.74, 6) is -2.28. The molecular formula is C51H82N4O37. The molecule has 0 radical (unpaired) electrons. The summed E-state index contributed by atoms with van der Waals surface area (Å²) in [5, 5.41) is 239. The summed E-state index contributed by atoms with van der Waals surface area (Å²) >= 11 is 0. The van der Waals surface area contributed by atoms with E-state index in [9.17, 15) is 117 Å². The van der Waals surface area contributed by atoms with Gasteiger partial charge in [0.15, 0.2) is 44.0 Å². The number of aromatic amines is 1. The average molecular weight is 1340 g/mol. The quantitative estimate of drug-likeness (QED) is 0.0775. The lowest BCUT2D eigenvalue weighted by molar-refractivity contribution is -0.396. The van der Waals surface area contributed by atoms with E-state index in [1.54, 1.807) is 0 Å². The van der Waals surface area contributed by atoms with Gasteiger partial charge in [-0.1, -0.05) is 0 Å². The topological polar surface area (TPSA) is 641 Å². The molecule has 0 saturated carbocycles. The molecule has 14 bridgehead atoms. The van der Waals surface area contributed by atoms with Gasteiger partial charge in [0.05, 0.1) is 58.6 Å². The Morgan fingerprint density at radius 2 is 0.652 bits per heavy atom. The van der Waals surface area contributed by atoms with Crippen molar-refractivity contribution >= 4 is 11.9 Å². The van der Waals surface area contributed by atoms with E-state index in [1.165, 1.54) is 12.5 Å². The van der Waals surface area contributed by atoms with Gasteiger partial charge in [-0.05, 0) is 0 Å². The largest absolute Gasteiger partial charge is 0.480 e. The van der Waals surface area contributed by atoms with Gasteiger partial charge in [0.25, 0.3) is 0 Å². The molecule has 22 rings (SSSR count). The molecule has 21 aliphatic rings. The maximum atomic E-state index is 13.3. The molecule has 21 saturated heterocycles. The number of rotatable bonds is 15. The molecular weight excluding hydrogens is 1260 g/mol. The van der Waals surface area contributed by atoms with Crippen molar-refractivity contribution in [1.82, 2.24) is 20.6 Å². The third-order valence-electron chi connectivity index (χ3n) is 17.2. The zero-order valence-corrected chi connectivity index (χ0v) is 48.4. The summed E-state index contributed by atoms with van der Waals surface area (Å²) in [7, 11) is 0. The number of nitrogens with one attached hydrogen (secondary N) is 3. The van der Waals surface area contributed by atoms with Crippen LogP contribution in [0, 0.1) is 0 Å². The van der Waals surface area contributed by atoms with Crippen LogP contribution in [-0.4, -0.2) is 403 Å². The van der Waals surface area contributed by atoms with Gasteiger partial charge >= 0.3 is 5.97 Å². The van der Waals surface area contributed by atoms with E-state index in [2.05, 4.69) is 20.6 Å². The Morgan fingerprint density at radius 3 is 0.902 bits per heavy atom. The molecule has 0 spiro atoms. The highest BCUT2D eigenvalue weighted by atomic mass is 16.8. The van der Waals surface area contributed by atoms with Crippen molar-refractivity contribution < 1.29 is 183 Å². The van der Waals surface area contributed by atoms with E-state index in [-0.39, 0.29) is 6.42 Å². The fourth-order valence-corrected chi connectivity index (χ4v) is 12.1. The van der Waals surface area contributed by atoms with E-state index in [1.807, 2.05) is 0 Å². The predicted octanol–water partition coefficient (Wildman–Crippen LogP) is -15.7. The Morgan fingerprint density at radius 1 is 0.391 bits per heavy atom. The number of H-pyrrole nitrogens is 1. The Bertz CT molecular complexity index is 2440. The fraction of sp³-hybridized carbons (Fsp3) is 0.902. The Kier molecular flexibility index (Phi) is 25.4. The van der Waals surface area contributed by atoms with Gasteiger partial charge in [-0.25, -0.2) is 9.78 Å². The van der Waals surface area contributed by atoms with Gasteiger partial charge in [-0.2, -0.15) is 0 Å². The zero-order chi connectivity index (χ0) is 66.7. The lowest BCUT2D eigenvalue weighted by Gasteiger charge is -2.50. The SMILES string of the molecule is O=C(CCN[C@@H]1[C@@H](O)[C@H]2O[C@H]3[C@H](O)[C@@H](O)[C@@H](O[C@H]4[C@H](O)[C@@H](O)[C@@H](O[C@H]5[C@H](O)[C@@H](O)[C@@H](O[C@H]6[C@H](O)[C@@H](O)[C@@H](O[C@H]7[C@H](O)[C@@H](O)[C@@H](O[C@H]8[C@H](O)[C@@H](O)[C@@H](O[C@@H]1[C@@H](CO)O2)O[C@@H]8CO)O[C@@H]7CO)O[C@@H]6CO)O[C@@H]5CO)O[C@@H]4CO)O[C@@H]3CO)NC(Cc1cnc[nH]1)C(=O)O. The Balaban J connectivity index is 1.01. The molecule has 21 fully saturated rings. The molecule has 1 aromatic heterocycles. The van der Waals surface area contributed by atoms with E-state index >= 15 is 0 Å². The van der Waals surface area contributed by atoms with E-state index in [0.717, 1.165) is 0 Å². The zero-order valence-electron chi connectivity index (χ0n) is 48.4. The first-order valence-electron chi connectivity index (χ1n) is 29.4. The van der Waals surface area contributed by atoms with Crippen LogP contribution in [0.1, 0.15) is 12.1 Å². The number of nitrogens with zero attached hydrogens (tertiary/aromatic N) is 1. The van der Waals surface area contributed by atoms with Crippen molar-refractivity contribution in [2.75, 3.05) is 52.8 Å². The molecule has 528 valence electrons. The molecule has 41 heteroatoms. The highest BCUT2D eigenvalue weighted by molar-refractivity contribution is 5.83. The van der Waals surface area contributed by atoms with Crippen LogP contribution < -0.4 is 10.6 Å². The third-order valence-corrected chi connectivity index (χ3v) is 17.2. The van der Waals surface area contributed by atoms with Crippen molar-refractivity contribution in [3.05, 3.63) is 18.2 Å². The van der Waals surface area contributed by atoms with Crippen LogP contribution in [0.5, 0.6) is 0 Å². The Labute approximate surface area is 519 Å². The number of carbonyl (C=O) groups excluding carboxylic acids is 1. The van der Waals surface area contributed by atoms with Crippen LogP contribution in [0.3, 0.4) is 0 Å². The molecule has 22 heterocycles. The lowest BCUT2D eigenvalue weighted by Crippen LogP contribution is -2.70. The van der Waals surface area contributed by atoms with Crippen molar-refractivity contribution in [2.45, 2.75) is 234 Å².